The standard InChI is InChI=1S/C18H18O4/c1-13(19)22-17-11-9-15(12-18(17)21-2)16(20)10-8-14-6-4-3-5-7-14/h3-7,9,11-12H,8,10H2,1-2H3. The molecule has 0 unspecified atom stereocenters. The van der Waals surface area contributed by atoms with Crippen LogP contribution in [0.2, 0.25) is 0 Å². The smallest absolute Gasteiger partial charge is 0.308 e. The first-order valence-corrected chi connectivity index (χ1v) is 7.03. The average molecular weight is 298 g/mol. The van der Waals surface area contributed by atoms with E-state index in [2.05, 4.69) is 0 Å². The largest absolute Gasteiger partial charge is 0.493 e. The molecule has 0 aliphatic rings. The molecule has 0 radical (unpaired) electrons. The van der Waals surface area contributed by atoms with Crippen LogP contribution in [0.25, 0.3) is 0 Å². The van der Waals surface area contributed by atoms with Gasteiger partial charge in [-0.3, -0.25) is 9.59 Å². The number of ether oxygens (including phenoxy) is 2. The topological polar surface area (TPSA) is 52.6 Å². The molecule has 0 fully saturated rings. The van der Waals surface area contributed by atoms with Gasteiger partial charge in [0.05, 0.1) is 7.11 Å². The van der Waals surface area contributed by atoms with Crippen LogP contribution in [-0.2, 0) is 11.2 Å². The molecular weight excluding hydrogens is 280 g/mol. The second-order valence-electron chi connectivity index (χ2n) is 4.87. The van der Waals surface area contributed by atoms with Crippen LogP contribution in [0.3, 0.4) is 0 Å². The number of hydrogen-bond acceptors (Lipinski definition) is 4. The van der Waals surface area contributed by atoms with Gasteiger partial charge in [0.15, 0.2) is 17.3 Å². The van der Waals surface area contributed by atoms with Crippen LogP contribution in [0.4, 0.5) is 0 Å². The van der Waals surface area contributed by atoms with Crippen molar-refractivity contribution < 1.29 is 19.1 Å². The second kappa shape index (κ2) is 7.41. The molecule has 114 valence electrons. The van der Waals surface area contributed by atoms with Crippen molar-refractivity contribution in [2.75, 3.05) is 7.11 Å². The maximum Gasteiger partial charge on any atom is 0.308 e. The van der Waals surface area contributed by atoms with Crippen molar-refractivity contribution in [3.05, 3.63) is 59.7 Å². The lowest BCUT2D eigenvalue weighted by atomic mass is 10.0. The number of carbonyl (C=O) groups excluding carboxylic acids is 2. The summed E-state index contributed by atoms with van der Waals surface area (Å²) in [7, 11) is 1.47. The van der Waals surface area contributed by atoms with E-state index in [1.165, 1.54) is 14.0 Å². The Hall–Kier alpha value is -2.62. The van der Waals surface area contributed by atoms with Gasteiger partial charge in [-0.15, -0.1) is 0 Å². The molecule has 0 saturated carbocycles. The number of ketones is 1. The summed E-state index contributed by atoms with van der Waals surface area (Å²) in [5.41, 5.74) is 1.67. The zero-order valence-corrected chi connectivity index (χ0v) is 12.7. The molecule has 4 nitrogen and oxygen atoms in total. The molecular formula is C18H18O4. The van der Waals surface area contributed by atoms with Crippen LogP contribution in [0.1, 0.15) is 29.3 Å². The van der Waals surface area contributed by atoms with E-state index in [4.69, 9.17) is 9.47 Å². The summed E-state index contributed by atoms with van der Waals surface area (Å²) in [4.78, 5) is 23.3. The van der Waals surface area contributed by atoms with E-state index in [9.17, 15) is 9.59 Å². The van der Waals surface area contributed by atoms with E-state index in [0.717, 1.165) is 5.56 Å². The summed E-state index contributed by atoms with van der Waals surface area (Å²) in [6.07, 6.45) is 1.10. The Morgan fingerprint density at radius 2 is 1.73 bits per heavy atom. The molecule has 0 N–H and O–H groups in total. The van der Waals surface area contributed by atoms with Gasteiger partial charge in [-0.05, 0) is 30.2 Å². The van der Waals surface area contributed by atoms with Gasteiger partial charge < -0.3 is 9.47 Å². The van der Waals surface area contributed by atoms with Gasteiger partial charge in [-0.1, -0.05) is 30.3 Å². The van der Waals surface area contributed by atoms with E-state index >= 15 is 0 Å². The van der Waals surface area contributed by atoms with E-state index in [1.807, 2.05) is 30.3 Å². The summed E-state index contributed by atoms with van der Waals surface area (Å²) in [6.45, 7) is 1.32. The third kappa shape index (κ3) is 4.19. The predicted molar refractivity (Wildman–Crippen MR) is 83.4 cm³/mol. The first-order valence-electron chi connectivity index (χ1n) is 7.03. The number of aryl methyl sites for hydroxylation is 1. The molecule has 0 aliphatic heterocycles. The lowest BCUT2D eigenvalue weighted by Gasteiger charge is -2.09. The molecule has 2 aromatic rings. The highest BCUT2D eigenvalue weighted by Gasteiger charge is 2.12. The van der Waals surface area contributed by atoms with Crippen molar-refractivity contribution in [3.8, 4) is 11.5 Å². The molecule has 2 rings (SSSR count). The van der Waals surface area contributed by atoms with Crippen LogP contribution >= 0.6 is 0 Å². The van der Waals surface area contributed by atoms with E-state index < -0.39 is 5.97 Å². The number of Topliss-reactive ketones (excluding diaryl/α,β-unsaturated/α-hetero) is 1. The minimum atomic E-state index is -0.429. The Kier molecular flexibility index (Phi) is 5.31. The van der Waals surface area contributed by atoms with Crippen molar-refractivity contribution in [2.24, 2.45) is 0 Å². The zero-order valence-electron chi connectivity index (χ0n) is 12.7. The molecule has 2 aromatic carbocycles. The van der Waals surface area contributed by atoms with Crippen molar-refractivity contribution in [1.82, 2.24) is 0 Å². The Balaban J connectivity index is 2.08. The normalized spacial score (nSPS) is 10.1. The van der Waals surface area contributed by atoms with Gasteiger partial charge in [-0.2, -0.15) is 0 Å². The van der Waals surface area contributed by atoms with Gasteiger partial charge in [0, 0.05) is 18.9 Å². The molecule has 0 saturated heterocycles. The van der Waals surface area contributed by atoms with Crippen molar-refractivity contribution >= 4 is 11.8 Å². The summed E-state index contributed by atoms with van der Waals surface area (Å²) in [6, 6.07) is 14.7. The van der Waals surface area contributed by atoms with Crippen molar-refractivity contribution in [2.45, 2.75) is 19.8 Å². The third-order valence-electron chi connectivity index (χ3n) is 3.22. The molecule has 0 spiro atoms. The minimum absolute atomic E-state index is 0.0246. The molecule has 0 heterocycles. The first-order chi connectivity index (χ1) is 10.6. The van der Waals surface area contributed by atoms with Gasteiger partial charge in [0.1, 0.15) is 0 Å². The fourth-order valence-electron chi connectivity index (χ4n) is 2.13. The monoisotopic (exact) mass is 298 g/mol. The average Bonchev–Trinajstić information content (AvgIpc) is 2.53. The molecule has 0 aromatic heterocycles. The Morgan fingerprint density at radius 1 is 1.00 bits per heavy atom. The Labute approximate surface area is 129 Å². The van der Waals surface area contributed by atoms with Gasteiger partial charge in [0.2, 0.25) is 0 Å². The Morgan fingerprint density at radius 3 is 2.36 bits per heavy atom. The summed E-state index contributed by atoms with van der Waals surface area (Å²) in [5, 5.41) is 0. The minimum Gasteiger partial charge on any atom is -0.493 e. The maximum atomic E-state index is 12.3. The van der Waals surface area contributed by atoms with Crippen molar-refractivity contribution in [3.63, 3.8) is 0 Å². The summed E-state index contributed by atoms with van der Waals surface area (Å²) < 4.78 is 10.2. The molecule has 0 bridgehead atoms. The van der Waals surface area contributed by atoms with Gasteiger partial charge in [0.25, 0.3) is 0 Å². The third-order valence-corrected chi connectivity index (χ3v) is 3.22. The lowest BCUT2D eigenvalue weighted by Crippen LogP contribution is -2.05. The van der Waals surface area contributed by atoms with Crippen molar-refractivity contribution in [1.29, 1.82) is 0 Å². The number of methoxy groups -OCH3 is 1. The molecule has 22 heavy (non-hydrogen) atoms. The fourth-order valence-corrected chi connectivity index (χ4v) is 2.13. The molecule has 0 amide bonds. The molecule has 0 aliphatic carbocycles. The number of hydrogen-bond donors (Lipinski definition) is 0. The van der Waals surface area contributed by atoms with E-state index in [0.29, 0.717) is 29.9 Å². The fraction of sp³-hybridized carbons (Fsp3) is 0.222. The number of esters is 1. The molecule has 4 heteroatoms. The highest BCUT2D eigenvalue weighted by molar-refractivity contribution is 5.96. The van der Waals surface area contributed by atoms with Crippen LogP contribution in [0.5, 0.6) is 11.5 Å². The van der Waals surface area contributed by atoms with Crippen LogP contribution in [0, 0.1) is 0 Å². The SMILES string of the molecule is COc1cc(C(=O)CCc2ccccc2)ccc1OC(C)=O. The summed E-state index contributed by atoms with van der Waals surface area (Å²) in [5.74, 6) is 0.286. The van der Waals surface area contributed by atoms with E-state index in [1.54, 1.807) is 18.2 Å². The van der Waals surface area contributed by atoms with Gasteiger partial charge >= 0.3 is 5.97 Å². The summed E-state index contributed by atoms with van der Waals surface area (Å²) >= 11 is 0. The predicted octanol–water partition coefficient (Wildman–Crippen LogP) is 3.44. The number of carbonyl (C=O) groups is 2. The maximum absolute atomic E-state index is 12.3. The zero-order chi connectivity index (χ0) is 15.9. The molecule has 0 atom stereocenters. The Bertz CT molecular complexity index is 662. The van der Waals surface area contributed by atoms with Gasteiger partial charge in [-0.25, -0.2) is 0 Å². The van der Waals surface area contributed by atoms with Crippen LogP contribution in [0.15, 0.2) is 48.5 Å². The van der Waals surface area contributed by atoms with Crippen LogP contribution < -0.4 is 9.47 Å². The second-order valence-corrected chi connectivity index (χ2v) is 4.87. The lowest BCUT2D eigenvalue weighted by molar-refractivity contribution is -0.132. The highest BCUT2D eigenvalue weighted by atomic mass is 16.6. The first kappa shape index (κ1) is 15.8. The van der Waals surface area contributed by atoms with Crippen LogP contribution in [-0.4, -0.2) is 18.9 Å². The highest BCUT2D eigenvalue weighted by Crippen LogP contribution is 2.28. The number of rotatable bonds is 6. The number of benzene rings is 2. The quantitative estimate of drug-likeness (QED) is 0.466. The van der Waals surface area contributed by atoms with E-state index in [-0.39, 0.29) is 5.78 Å².